The van der Waals surface area contributed by atoms with E-state index in [1.807, 2.05) is 6.92 Å². The highest BCUT2D eigenvalue weighted by atomic mass is 35.5. The van der Waals surface area contributed by atoms with Crippen LogP contribution in [0.4, 0.5) is 0 Å². The Hall–Kier alpha value is -1.34. The Balaban J connectivity index is 0.00000243. The topological polar surface area (TPSA) is 77.0 Å². The average molecular weight is 419 g/mol. The van der Waals surface area contributed by atoms with Crippen LogP contribution in [0.25, 0.3) is 5.69 Å². The molecule has 0 radical (unpaired) electrons. The molecule has 142 valence electrons. The summed E-state index contributed by atoms with van der Waals surface area (Å²) in [5.74, 6) is 0.487. The van der Waals surface area contributed by atoms with Gasteiger partial charge in [-0.25, -0.2) is 9.67 Å². The fourth-order valence-electron chi connectivity index (χ4n) is 3.27. The first kappa shape index (κ1) is 21.0. The van der Waals surface area contributed by atoms with Crippen molar-refractivity contribution in [2.75, 3.05) is 6.54 Å². The monoisotopic (exact) mass is 417 g/mol. The Morgan fingerprint density at radius 3 is 2.58 bits per heavy atom. The first-order valence-corrected chi connectivity index (χ1v) is 9.10. The number of hydrogen-bond acceptors (Lipinski definition) is 4. The first-order chi connectivity index (χ1) is 11.9. The summed E-state index contributed by atoms with van der Waals surface area (Å²) >= 11 is 12.5. The molecule has 2 unspecified atom stereocenters. The van der Waals surface area contributed by atoms with E-state index in [0.29, 0.717) is 28.1 Å². The highest BCUT2D eigenvalue weighted by molar-refractivity contribution is 6.37. The van der Waals surface area contributed by atoms with Crippen molar-refractivity contribution in [2.45, 2.75) is 45.2 Å². The van der Waals surface area contributed by atoms with Crippen LogP contribution in [-0.4, -0.2) is 44.2 Å². The molecule has 2 aromatic rings. The molecule has 2 atom stereocenters. The summed E-state index contributed by atoms with van der Waals surface area (Å²) in [6.07, 6.45) is 2.94. The van der Waals surface area contributed by atoms with Gasteiger partial charge in [0.1, 0.15) is 11.5 Å². The fraction of sp³-hybridized carbons (Fsp3) is 0.471. The molecule has 1 aromatic heterocycles. The third-order valence-electron chi connectivity index (χ3n) is 4.53. The summed E-state index contributed by atoms with van der Waals surface area (Å²) in [4.78, 5) is 19.1. The molecule has 2 heterocycles. The lowest BCUT2D eigenvalue weighted by Gasteiger charge is -2.37. The molecule has 0 saturated carbocycles. The van der Waals surface area contributed by atoms with Crippen LogP contribution in [0.1, 0.15) is 42.6 Å². The highest BCUT2D eigenvalue weighted by Gasteiger charge is 2.32. The molecule has 0 bridgehead atoms. The van der Waals surface area contributed by atoms with Gasteiger partial charge in [-0.2, -0.15) is 0 Å². The van der Waals surface area contributed by atoms with E-state index in [1.54, 1.807) is 30.0 Å². The fourth-order valence-corrected chi connectivity index (χ4v) is 3.83. The predicted molar refractivity (Wildman–Crippen MR) is 106 cm³/mol. The number of piperidine rings is 1. The number of likely N-dealkylation sites (tertiary alicyclic amines) is 1. The molecule has 1 fully saturated rings. The van der Waals surface area contributed by atoms with Crippen molar-refractivity contribution in [3.63, 3.8) is 0 Å². The van der Waals surface area contributed by atoms with E-state index >= 15 is 0 Å². The number of rotatable bonds is 3. The largest absolute Gasteiger partial charge is 0.331 e. The summed E-state index contributed by atoms with van der Waals surface area (Å²) in [5.41, 5.74) is 6.59. The van der Waals surface area contributed by atoms with Crippen molar-refractivity contribution in [3.05, 3.63) is 39.9 Å². The summed E-state index contributed by atoms with van der Waals surface area (Å²) in [6, 6.07) is 5.13. The number of nitrogens with two attached hydrogens (primary N) is 1. The Morgan fingerprint density at radius 1 is 1.31 bits per heavy atom. The molecular formula is C17H22Cl3N5O. The van der Waals surface area contributed by atoms with Crippen LogP contribution in [0.3, 0.4) is 0 Å². The maximum atomic E-state index is 12.9. The normalized spacial score (nSPS) is 18.3. The zero-order valence-corrected chi connectivity index (χ0v) is 17.0. The molecule has 26 heavy (non-hydrogen) atoms. The van der Waals surface area contributed by atoms with Gasteiger partial charge in [-0.05, 0) is 45.2 Å². The van der Waals surface area contributed by atoms with Crippen molar-refractivity contribution < 1.29 is 4.79 Å². The zero-order chi connectivity index (χ0) is 18.1. The van der Waals surface area contributed by atoms with Gasteiger partial charge in [-0.15, -0.1) is 17.5 Å². The molecule has 0 aliphatic carbocycles. The minimum Gasteiger partial charge on any atom is -0.331 e. The highest BCUT2D eigenvalue weighted by Crippen LogP contribution is 2.29. The van der Waals surface area contributed by atoms with Gasteiger partial charge in [-0.3, -0.25) is 4.79 Å². The van der Waals surface area contributed by atoms with Crippen molar-refractivity contribution >= 4 is 41.5 Å². The van der Waals surface area contributed by atoms with E-state index in [-0.39, 0.29) is 36.2 Å². The van der Waals surface area contributed by atoms with Crippen molar-refractivity contribution in [2.24, 2.45) is 5.73 Å². The Kier molecular flexibility index (Phi) is 6.91. The van der Waals surface area contributed by atoms with E-state index in [4.69, 9.17) is 28.9 Å². The van der Waals surface area contributed by atoms with Crippen LogP contribution in [0.2, 0.25) is 10.0 Å². The van der Waals surface area contributed by atoms with Crippen LogP contribution in [0, 0.1) is 6.92 Å². The number of amides is 1. The minimum absolute atomic E-state index is 0. The number of halogens is 3. The molecule has 2 N–H and O–H groups in total. The quantitative estimate of drug-likeness (QED) is 0.825. The maximum absolute atomic E-state index is 12.9. The SMILES string of the molecule is Cc1nc(C(=O)N2CCCCC2C(C)N)nn1-c1c(Cl)cccc1Cl.Cl. The van der Waals surface area contributed by atoms with Gasteiger partial charge in [0.2, 0.25) is 5.82 Å². The van der Waals surface area contributed by atoms with E-state index in [2.05, 4.69) is 10.1 Å². The molecule has 1 aliphatic rings. The van der Waals surface area contributed by atoms with Gasteiger partial charge in [0.05, 0.1) is 10.0 Å². The van der Waals surface area contributed by atoms with Crippen LogP contribution in [-0.2, 0) is 0 Å². The molecule has 0 spiro atoms. The number of hydrogen-bond donors (Lipinski definition) is 1. The van der Waals surface area contributed by atoms with Gasteiger partial charge >= 0.3 is 0 Å². The van der Waals surface area contributed by atoms with E-state index < -0.39 is 0 Å². The van der Waals surface area contributed by atoms with Crippen LogP contribution < -0.4 is 5.73 Å². The van der Waals surface area contributed by atoms with Crippen molar-refractivity contribution in [1.82, 2.24) is 19.7 Å². The number of aryl methyl sites for hydroxylation is 1. The van der Waals surface area contributed by atoms with Gasteiger partial charge in [0.25, 0.3) is 5.91 Å². The number of carbonyl (C=O) groups excluding carboxylic acids is 1. The lowest BCUT2D eigenvalue weighted by Crippen LogP contribution is -2.51. The third kappa shape index (κ3) is 3.98. The van der Waals surface area contributed by atoms with E-state index in [1.165, 1.54) is 4.68 Å². The van der Waals surface area contributed by atoms with E-state index in [9.17, 15) is 4.79 Å². The summed E-state index contributed by atoms with van der Waals surface area (Å²) in [6.45, 7) is 4.37. The Bertz CT molecular complexity index is 772. The number of nitrogens with zero attached hydrogens (tertiary/aromatic N) is 4. The van der Waals surface area contributed by atoms with Gasteiger partial charge < -0.3 is 10.6 Å². The second-order valence-corrected chi connectivity index (χ2v) is 7.20. The minimum atomic E-state index is -0.202. The summed E-state index contributed by atoms with van der Waals surface area (Å²) in [5, 5.41) is 5.28. The second kappa shape index (κ2) is 8.57. The Morgan fingerprint density at radius 2 is 1.96 bits per heavy atom. The molecule has 3 rings (SSSR count). The first-order valence-electron chi connectivity index (χ1n) is 8.34. The molecule has 1 amide bonds. The van der Waals surface area contributed by atoms with Crippen LogP contribution >= 0.6 is 35.6 Å². The molecule has 9 heteroatoms. The number of benzene rings is 1. The van der Waals surface area contributed by atoms with E-state index in [0.717, 1.165) is 19.3 Å². The molecule has 1 aromatic carbocycles. The Labute approximate surface area is 169 Å². The second-order valence-electron chi connectivity index (χ2n) is 6.39. The lowest BCUT2D eigenvalue weighted by atomic mass is 9.97. The van der Waals surface area contributed by atoms with Crippen LogP contribution in [0.15, 0.2) is 18.2 Å². The predicted octanol–water partition coefficient (Wildman–Crippen LogP) is 3.65. The van der Waals surface area contributed by atoms with Crippen LogP contribution in [0.5, 0.6) is 0 Å². The summed E-state index contributed by atoms with van der Waals surface area (Å²) in [7, 11) is 0. The summed E-state index contributed by atoms with van der Waals surface area (Å²) < 4.78 is 1.52. The van der Waals surface area contributed by atoms with Gasteiger partial charge in [0, 0.05) is 18.6 Å². The maximum Gasteiger partial charge on any atom is 0.293 e. The average Bonchev–Trinajstić information content (AvgIpc) is 2.95. The third-order valence-corrected chi connectivity index (χ3v) is 5.14. The molecular weight excluding hydrogens is 397 g/mol. The smallest absolute Gasteiger partial charge is 0.293 e. The number of aromatic nitrogens is 3. The molecule has 1 aliphatic heterocycles. The zero-order valence-electron chi connectivity index (χ0n) is 14.7. The van der Waals surface area contributed by atoms with Gasteiger partial charge in [0.15, 0.2) is 0 Å². The van der Waals surface area contributed by atoms with Crippen molar-refractivity contribution in [3.8, 4) is 5.69 Å². The lowest BCUT2D eigenvalue weighted by molar-refractivity contribution is 0.0571. The van der Waals surface area contributed by atoms with Crippen molar-refractivity contribution in [1.29, 1.82) is 0 Å². The standard InChI is InChI=1S/C17H21Cl2N5O.ClH/c1-10(20)14-8-3-4-9-23(14)17(25)16-21-11(2)24(22-16)15-12(18)6-5-7-13(15)19;/h5-7,10,14H,3-4,8-9,20H2,1-2H3;1H. The molecule has 6 nitrogen and oxygen atoms in total. The van der Waals surface area contributed by atoms with Gasteiger partial charge in [-0.1, -0.05) is 29.3 Å². The number of para-hydroxylation sites is 1. The molecule has 1 saturated heterocycles. The number of carbonyl (C=O) groups is 1.